The maximum Gasteiger partial charge on any atom is 0.306 e. The molecule has 0 aliphatic rings. The van der Waals surface area contributed by atoms with Crippen molar-refractivity contribution in [1.29, 1.82) is 0 Å². The molecule has 4 nitrogen and oxygen atoms in total. The Hall–Kier alpha value is -1.06. The topological polar surface area (TPSA) is 66.4 Å². The fourth-order valence-corrected chi connectivity index (χ4v) is 1.20. The van der Waals surface area contributed by atoms with Gasteiger partial charge in [0.1, 0.15) is 0 Å². The van der Waals surface area contributed by atoms with Crippen molar-refractivity contribution in [3.63, 3.8) is 0 Å². The summed E-state index contributed by atoms with van der Waals surface area (Å²) in [7, 11) is 1.60. The van der Waals surface area contributed by atoms with Gasteiger partial charge in [-0.05, 0) is 18.8 Å². The van der Waals surface area contributed by atoms with Crippen molar-refractivity contribution < 1.29 is 14.7 Å². The molecule has 0 fully saturated rings. The quantitative estimate of drug-likeness (QED) is 0.680. The van der Waals surface area contributed by atoms with Crippen molar-refractivity contribution in [2.75, 3.05) is 7.05 Å². The summed E-state index contributed by atoms with van der Waals surface area (Å²) in [5.74, 6) is -0.963. The van der Waals surface area contributed by atoms with Crippen LogP contribution in [-0.2, 0) is 9.59 Å². The van der Waals surface area contributed by atoms with E-state index in [2.05, 4.69) is 5.32 Å². The maximum absolute atomic E-state index is 10.9. The molecule has 0 aromatic rings. The number of carbonyl (C=O) groups is 2. The van der Waals surface area contributed by atoms with Crippen LogP contribution < -0.4 is 5.32 Å². The van der Waals surface area contributed by atoms with E-state index in [1.54, 1.807) is 14.0 Å². The van der Waals surface area contributed by atoms with Crippen molar-refractivity contribution in [3.05, 3.63) is 0 Å². The number of hydrogen-bond acceptors (Lipinski definition) is 2. The molecule has 0 radical (unpaired) electrons. The van der Waals surface area contributed by atoms with E-state index in [0.717, 1.165) is 12.8 Å². The molecule has 1 amide bonds. The van der Waals surface area contributed by atoms with E-state index in [1.165, 1.54) is 0 Å². The Morgan fingerprint density at radius 3 is 2.36 bits per heavy atom. The Labute approximate surface area is 84.7 Å². The second kappa shape index (κ2) is 6.40. The van der Waals surface area contributed by atoms with Crippen LogP contribution in [0.2, 0.25) is 0 Å². The van der Waals surface area contributed by atoms with Gasteiger partial charge in [0, 0.05) is 13.5 Å². The van der Waals surface area contributed by atoms with Gasteiger partial charge >= 0.3 is 5.97 Å². The van der Waals surface area contributed by atoms with Crippen LogP contribution in [0.5, 0.6) is 0 Å². The molecule has 82 valence electrons. The van der Waals surface area contributed by atoms with E-state index in [-0.39, 0.29) is 17.7 Å². The normalized spacial score (nSPS) is 14.5. The molecule has 0 heterocycles. The van der Waals surface area contributed by atoms with E-state index in [1.807, 2.05) is 6.92 Å². The molecule has 0 bridgehead atoms. The Bertz CT molecular complexity index is 204. The highest BCUT2D eigenvalue weighted by atomic mass is 16.4. The van der Waals surface area contributed by atoms with Crippen LogP contribution in [0.1, 0.15) is 33.1 Å². The Kier molecular flexibility index (Phi) is 5.92. The third kappa shape index (κ3) is 4.84. The van der Waals surface area contributed by atoms with Crippen LogP contribution in [0.4, 0.5) is 0 Å². The smallest absolute Gasteiger partial charge is 0.306 e. The third-order valence-electron chi connectivity index (χ3n) is 2.59. The van der Waals surface area contributed by atoms with Crippen LogP contribution in [-0.4, -0.2) is 24.0 Å². The molecule has 0 saturated heterocycles. The summed E-state index contributed by atoms with van der Waals surface area (Å²) >= 11 is 0. The van der Waals surface area contributed by atoms with E-state index in [4.69, 9.17) is 5.11 Å². The minimum absolute atomic E-state index is 0.0141. The van der Waals surface area contributed by atoms with E-state index in [9.17, 15) is 9.59 Å². The zero-order chi connectivity index (χ0) is 11.1. The molecular weight excluding hydrogens is 182 g/mol. The lowest BCUT2D eigenvalue weighted by Crippen LogP contribution is -2.20. The lowest BCUT2D eigenvalue weighted by atomic mass is 9.91. The molecule has 0 spiro atoms. The van der Waals surface area contributed by atoms with Gasteiger partial charge in [-0.25, -0.2) is 0 Å². The summed E-state index contributed by atoms with van der Waals surface area (Å²) in [5, 5.41) is 11.3. The number of carboxylic acid groups (broad SMARTS) is 1. The molecule has 0 aliphatic carbocycles. The Balaban J connectivity index is 3.68. The van der Waals surface area contributed by atoms with Crippen molar-refractivity contribution in [2.24, 2.45) is 11.8 Å². The maximum atomic E-state index is 10.9. The second-order valence-corrected chi connectivity index (χ2v) is 3.67. The average Bonchev–Trinajstić information content (AvgIpc) is 2.15. The highest BCUT2D eigenvalue weighted by molar-refractivity contribution is 5.75. The zero-order valence-electron chi connectivity index (χ0n) is 9.04. The number of amides is 1. The van der Waals surface area contributed by atoms with Crippen LogP contribution in [0.3, 0.4) is 0 Å². The first kappa shape index (κ1) is 12.9. The standard InChI is InChI=1S/C10H19NO3/c1-7(8(2)10(13)14)5-4-6-9(12)11-3/h7-8H,4-6H2,1-3H3,(H,11,12)(H,13,14). The van der Waals surface area contributed by atoms with Gasteiger partial charge in [0.05, 0.1) is 5.92 Å². The number of aliphatic carboxylic acids is 1. The van der Waals surface area contributed by atoms with Gasteiger partial charge in [0.25, 0.3) is 0 Å². The molecule has 2 unspecified atom stereocenters. The summed E-state index contributed by atoms with van der Waals surface area (Å²) in [5.41, 5.74) is 0. The molecule has 0 aromatic carbocycles. The molecule has 0 aliphatic heterocycles. The van der Waals surface area contributed by atoms with Crippen molar-refractivity contribution in [1.82, 2.24) is 5.32 Å². The fraction of sp³-hybridized carbons (Fsp3) is 0.800. The minimum Gasteiger partial charge on any atom is -0.481 e. The number of carbonyl (C=O) groups excluding carboxylic acids is 1. The summed E-state index contributed by atoms with van der Waals surface area (Å²) in [6.07, 6.45) is 2.01. The van der Waals surface area contributed by atoms with E-state index >= 15 is 0 Å². The van der Waals surface area contributed by atoms with E-state index in [0.29, 0.717) is 6.42 Å². The number of rotatable bonds is 6. The van der Waals surface area contributed by atoms with Gasteiger partial charge in [0.15, 0.2) is 0 Å². The number of carboxylic acids is 1. The van der Waals surface area contributed by atoms with Crippen molar-refractivity contribution in [2.45, 2.75) is 33.1 Å². The van der Waals surface area contributed by atoms with Gasteiger partial charge in [-0.1, -0.05) is 13.8 Å². The van der Waals surface area contributed by atoms with Crippen LogP contribution in [0.25, 0.3) is 0 Å². The zero-order valence-corrected chi connectivity index (χ0v) is 9.04. The lowest BCUT2D eigenvalue weighted by Gasteiger charge is -2.15. The monoisotopic (exact) mass is 201 g/mol. The predicted molar refractivity (Wildman–Crippen MR) is 53.9 cm³/mol. The highest BCUT2D eigenvalue weighted by Gasteiger charge is 2.18. The molecule has 0 saturated carbocycles. The van der Waals surface area contributed by atoms with Crippen molar-refractivity contribution in [3.8, 4) is 0 Å². The largest absolute Gasteiger partial charge is 0.481 e. The van der Waals surface area contributed by atoms with E-state index < -0.39 is 5.97 Å². The third-order valence-corrected chi connectivity index (χ3v) is 2.59. The van der Waals surface area contributed by atoms with Crippen LogP contribution in [0, 0.1) is 11.8 Å². The first-order valence-electron chi connectivity index (χ1n) is 4.92. The fourth-order valence-electron chi connectivity index (χ4n) is 1.20. The molecule has 2 N–H and O–H groups in total. The second-order valence-electron chi connectivity index (χ2n) is 3.67. The number of nitrogens with one attached hydrogen (secondary N) is 1. The van der Waals surface area contributed by atoms with Gasteiger partial charge in [0.2, 0.25) is 5.91 Å². The summed E-state index contributed by atoms with van der Waals surface area (Å²) in [4.78, 5) is 21.5. The summed E-state index contributed by atoms with van der Waals surface area (Å²) in [6, 6.07) is 0. The van der Waals surface area contributed by atoms with Gasteiger partial charge in [-0.15, -0.1) is 0 Å². The Morgan fingerprint density at radius 1 is 1.36 bits per heavy atom. The summed E-state index contributed by atoms with van der Waals surface area (Å²) in [6.45, 7) is 3.61. The summed E-state index contributed by atoms with van der Waals surface area (Å²) < 4.78 is 0. The first-order valence-corrected chi connectivity index (χ1v) is 4.92. The molecule has 4 heteroatoms. The van der Waals surface area contributed by atoms with Gasteiger partial charge in [-0.2, -0.15) is 0 Å². The predicted octanol–water partition coefficient (Wildman–Crippen LogP) is 1.26. The lowest BCUT2D eigenvalue weighted by molar-refractivity contribution is -0.142. The Morgan fingerprint density at radius 2 is 1.93 bits per heavy atom. The van der Waals surface area contributed by atoms with Crippen molar-refractivity contribution >= 4 is 11.9 Å². The average molecular weight is 201 g/mol. The molecule has 2 atom stereocenters. The highest BCUT2D eigenvalue weighted by Crippen LogP contribution is 2.17. The van der Waals surface area contributed by atoms with Gasteiger partial charge in [-0.3, -0.25) is 9.59 Å². The first-order chi connectivity index (χ1) is 6.49. The van der Waals surface area contributed by atoms with Crippen LogP contribution in [0.15, 0.2) is 0 Å². The minimum atomic E-state index is -0.766. The molecular formula is C10H19NO3. The van der Waals surface area contributed by atoms with Crippen LogP contribution >= 0.6 is 0 Å². The molecule has 14 heavy (non-hydrogen) atoms. The van der Waals surface area contributed by atoms with Gasteiger partial charge < -0.3 is 10.4 Å². The SMILES string of the molecule is CNC(=O)CCCC(C)C(C)C(=O)O. The number of hydrogen-bond donors (Lipinski definition) is 2. The molecule has 0 rings (SSSR count). The molecule has 0 aromatic heterocycles.